The highest BCUT2D eigenvalue weighted by molar-refractivity contribution is 5.98. The number of nitrogens with one attached hydrogen (secondary N) is 2. The van der Waals surface area contributed by atoms with Crippen molar-refractivity contribution in [3.63, 3.8) is 0 Å². The van der Waals surface area contributed by atoms with Crippen LogP contribution in [0, 0.1) is 0 Å². The monoisotopic (exact) mass is 306 g/mol. The average Bonchev–Trinajstić information content (AvgIpc) is 2.60. The Hall–Kier alpha value is -3.01. The Balaban J connectivity index is 1.66. The maximum atomic E-state index is 12.1. The number of fused-ring (bicyclic) bond motifs is 1. The molecule has 4 heteroatoms. The van der Waals surface area contributed by atoms with Gasteiger partial charge in [0.25, 0.3) is 0 Å². The molecule has 116 valence electrons. The molecule has 0 saturated heterocycles. The van der Waals surface area contributed by atoms with E-state index in [1.165, 1.54) is 0 Å². The molecule has 0 unspecified atom stereocenters. The number of amides is 1. The predicted molar refractivity (Wildman–Crippen MR) is 94.1 cm³/mol. The standard InChI is InChI=1S/C19H18N2O2/c1-23-16-9-5-8-15(12-16)21-19(22)13-20-18-11-4-7-14-6-2-3-10-17(14)18/h2-12,20H,13H2,1H3,(H,21,22). The number of anilines is 2. The van der Waals surface area contributed by atoms with Gasteiger partial charge in [0, 0.05) is 22.8 Å². The lowest BCUT2D eigenvalue weighted by Gasteiger charge is -2.11. The van der Waals surface area contributed by atoms with E-state index in [1.807, 2.05) is 48.5 Å². The van der Waals surface area contributed by atoms with Crippen LogP contribution >= 0.6 is 0 Å². The fourth-order valence-electron chi connectivity index (χ4n) is 2.46. The van der Waals surface area contributed by atoms with Gasteiger partial charge in [0.05, 0.1) is 13.7 Å². The Morgan fingerprint density at radius 1 is 1.00 bits per heavy atom. The minimum Gasteiger partial charge on any atom is -0.497 e. The molecule has 0 atom stereocenters. The Labute approximate surface area is 135 Å². The second kappa shape index (κ2) is 6.83. The van der Waals surface area contributed by atoms with Crippen molar-refractivity contribution in [3.8, 4) is 5.75 Å². The zero-order valence-electron chi connectivity index (χ0n) is 12.9. The van der Waals surface area contributed by atoms with Crippen LogP contribution in [0.15, 0.2) is 66.7 Å². The molecule has 0 fully saturated rings. The van der Waals surface area contributed by atoms with E-state index >= 15 is 0 Å². The van der Waals surface area contributed by atoms with E-state index in [9.17, 15) is 4.79 Å². The van der Waals surface area contributed by atoms with Gasteiger partial charge in [-0.15, -0.1) is 0 Å². The van der Waals surface area contributed by atoms with Gasteiger partial charge in [-0.3, -0.25) is 4.79 Å². The molecule has 0 bridgehead atoms. The maximum absolute atomic E-state index is 12.1. The molecule has 0 spiro atoms. The molecule has 0 aliphatic rings. The van der Waals surface area contributed by atoms with Crippen molar-refractivity contribution in [1.29, 1.82) is 0 Å². The Kier molecular flexibility index (Phi) is 4.43. The summed E-state index contributed by atoms with van der Waals surface area (Å²) in [5.74, 6) is 0.607. The van der Waals surface area contributed by atoms with E-state index in [0.29, 0.717) is 11.4 Å². The third kappa shape index (κ3) is 3.61. The number of carbonyl (C=O) groups is 1. The highest BCUT2D eigenvalue weighted by Crippen LogP contribution is 2.22. The van der Waals surface area contributed by atoms with E-state index in [-0.39, 0.29) is 12.5 Å². The van der Waals surface area contributed by atoms with Crippen LogP contribution in [0.4, 0.5) is 11.4 Å². The van der Waals surface area contributed by atoms with E-state index in [1.54, 1.807) is 13.2 Å². The second-order valence-corrected chi connectivity index (χ2v) is 5.16. The van der Waals surface area contributed by atoms with Crippen LogP contribution in [0.25, 0.3) is 10.8 Å². The number of hydrogen-bond acceptors (Lipinski definition) is 3. The van der Waals surface area contributed by atoms with Gasteiger partial charge in [-0.1, -0.05) is 42.5 Å². The first-order chi connectivity index (χ1) is 11.3. The molecule has 3 rings (SSSR count). The summed E-state index contributed by atoms with van der Waals surface area (Å²) in [4.78, 5) is 12.1. The van der Waals surface area contributed by atoms with Gasteiger partial charge in [-0.2, -0.15) is 0 Å². The Bertz CT molecular complexity index is 825. The lowest BCUT2D eigenvalue weighted by Crippen LogP contribution is -2.21. The van der Waals surface area contributed by atoms with Crippen molar-refractivity contribution in [1.82, 2.24) is 0 Å². The predicted octanol–water partition coefficient (Wildman–Crippen LogP) is 3.90. The first-order valence-corrected chi connectivity index (χ1v) is 7.42. The van der Waals surface area contributed by atoms with Crippen molar-refractivity contribution in [2.45, 2.75) is 0 Å². The minimum atomic E-state index is -0.105. The molecule has 23 heavy (non-hydrogen) atoms. The SMILES string of the molecule is COc1cccc(NC(=O)CNc2cccc3ccccc23)c1. The average molecular weight is 306 g/mol. The molecule has 4 nitrogen and oxygen atoms in total. The summed E-state index contributed by atoms with van der Waals surface area (Å²) in [5, 5.41) is 8.29. The van der Waals surface area contributed by atoms with Gasteiger partial charge < -0.3 is 15.4 Å². The van der Waals surface area contributed by atoms with Crippen LogP contribution in [0.1, 0.15) is 0 Å². The van der Waals surface area contributed by atoms with Crippen LogP contribution in [0.5, 0.6) is 5.75 Å². The van der Waals surface area contributed by atoms with E-state index in [4.69, 9.17) is 4.74 Å². The third-order valence-electron chi connectivity index (χ3n) is 3.58. The molecule has 0 saturated carbocycles. The topological polar surface area (TPSA) is 50.4 Å². The van der Waals surface area contributed by atoms with Crippen molar-refractivity contribution in [2.75, 3.05) is 24.3 Å². The quantitative estimate of drug-likeness (QED) is 0.751. The minimum absolute atomic E-state index is 0.105. The number of carbonyl (C=O) groups excluding carboxylic acids is 1. The fourth-order valence-corrected chi connectivity index (χ4v) is 2.46. The highest BCUT2D eigenvalue weighted by Gasteiger charge is 2.05. The summed E-state index contributed by atoms with van der Waals surface area (Å²) in [6, 6.07) is 21.4. The van der Waals surface area contributed by atoms with Gasteiger partial charge in [-0.25, -0.2) is 0 Å². The molecule has 3 aromatic rings. The van der Waals surface area contributed by atoms with Gasteiger partial charge >= 0.3 is 0 Å². The van der Waals surface area contributed by atoms with Crippen LogP contribution in [0.2, 0.25) is 0 Å². The summed E-state index contributed by atoms with van der Waals surface area (Å²) in [6.07, 6.45) is 0. The van der Waals surface area contributed by atoms with Crippen molar-refractivity contribution in [3.05, 3.63) is 66.7 Å². The number of hydrogen-bond donors (Lipinski definition) is 2. The largest absolute Gasteiger partial charge is 0.497 e. The zero-order valence-corrected chi connectivity index (χ0v) is 12.9. The fraction of sp³-hybridized carbons (Fsp3) is 0.105. The third-order valence-corrected chi connectivity index (χ3v) is 3.58. The molecular formula is C19H18N2O2. The van der Waals surface area contributed by atoms with Crippen LogP contribution in [0.3, 0.4) is 0 Å². The zero-order chi connectivity index (χ0) is 16.1. The summed E-state index contributed by atoms with van der Waals surface area (Å²) in [7, 11) is 1.60. The molecule has 1 amide bonds. The molecule has 0 heterocycles. The summed E-state index contributed by atoms with van der Waals surface area (Å²) in [5.41, 5.74) is 1.66. The lowest BCUT2D eigenvalue weighted by molar-refractivity contribution is -0.114. The Morgan fingerprint density at radius 3 is 2.65 bits per heavy atom. The Morgan fingerprint density at radius 2 is 1.78 bits per heavy atom. The van der Waals surface area contributed by atoms with Crippen molar-refractivity contribution >= 4 is 28.1 Å². The highest BCUT2D eigenvalue weighted by atomic mass is 16.5. The molecule has 0 radical (unpaired) electrons. The number of ether oxygens (including phenoxy) is 1. The van der Waals surface area contributed by atoms with E-state index in [0.717, 1.165) is 16.5 Å². The van der Waals surface area contributed by atoms with Gasteiger partial charge in [0.15, 0.2) is 0 Å². The second-order valence-electron chi connectivity index (χ2n) is 5.16. The van der Waals surface area contributed by atoms with Gasteiger partial charge in [0.1, 0.15) is 5.75 Å². The summed E-state index contributed by atoms with van der Waals surface area (Å²) < 4.78 is 5.15. The summed E-state index contributed by atoms with van der Waals surface area (Å²) >= 11 is 0. The van der Waals surface area contributed by atoms with Gasteiger partial charge in [0.2, 0.25) is 5.91 Å². The first kappa shape index (κ1) is 14.9. The molecule has 2 N–H and O–H groups in total. The van der Waals surface area contributed by atoms with Crippen molar-refractivity contribution in [2.24, 2.45) is 0 Å². The smallest absolute Gasteiger partial charge is 0.243 e. The van der Waals surface area contributed by atoms with Gasteiger partial charge in [-0.05, 0) is 23.6 Å². The number of benzene rings is 3. The first-order valence-electron chi connectivity index (χ1n) is 7.42. The van der Waals surface area contributed by atoms with Crippen LogP contribution < -0.4 is 15.4 Å². The molecular weight excluding hydrogens is 288 g/mol. The summed E-state index contributed by atoms with van der Waals surface area (Å²) in [6.45, 7) is 0.200. The lowest BCUT2D eigenvalue weighted by atomic mass is 10.1. The van der Waals surface area contributed by atoms with E-state index in [2.05, 4.69) is 22.8 Å². The molecule has 0 aliphatic heterocycles. The number of methoxy groups -OCH3 is 1. The van der Waals surface area contributed by atoms with E-state index < -0.39 is 0 Å². The molecule has 0 aliphatic carbocycles. The number of rotatable bonds is 5. The molecule has 0 aromatic heterocycles. The molecule has 3 aromatic carbocycles. The van der Waals surface area contributed by atoms with Crippen molar-refractivity contribution < 1.29 is 9.53 Å². The maximum Gasteiger partial charge on any atom is 0.243 e. The van der Waals surface area contributed by atoms with Crippen LogP contribution in [-0.2, 0) is 4.79 Å². The normalized spacial score (nSPS) is 10.3. The van der Waals surface area contributed by atoms with Crippen LogP contribution in [-0.4, -0.2) is 19.6 Å².